The maximum absolute atomic E-state index is 13.9. The van der Waals surface area contributed by atoms with Gasteiger partial charge < -0.3 is 9.84 Å². The lowest BCUT2D eigenvalue weighted by Gasteiger charge is -2.42. The Kier molecular flexibility index (Phi) is 4.81. The van der Waals surface area contributed by atoms with Crippen LogP contribution in [0.4, 0.5) is 13.2 Å². The quantitative estimate of drug-likeness (QED) is 0.742. The van der Waals surface area contributed by atoms with E-state index >= 15 is 0 Å². The van der Waals surface area contributed by atoms with Gasteiger partial charge in [0.2, 0.25) is 5.60 Å². The predicted octanol–water partition coefficient (Wildman–Crippen LogP) is 5.55. The number of aliphatic carboxylic acids is 1. The van der Waals surface area contributed by atoms with Crippen molar-refractivity contribution in [2.24, 2.45) is 5.41 Å². The van der Waals surface area contributed by atoms with E-state index in [2.05, 4.69) is 13.8 Å². The molecule has 0 saturated carbocycles. The van der Waals surface area contributed by atoms with Gasteiger partial charge in [0.25, 0.3) is 0 Å². The SMILES string of the molecule is CCC1(CC)CCc2c(ccc3c2OC(CC)(C(F)(F)F)C(C(=O)O)=C3)C1. The lowest BCUT2D eigenvalue weighted by molar-refractivity contribution is -0.236. The summed E-state index contributed by atoms with van der Waals surface area (Å²) < 4.78 is 47.4. The molecular formula is C21H25F3O3. The third-order valence-corrected chi connectivity index (χ3v) is 6.56. The highest BCUT2D eigenvalue weighted by Crippen LogP contribution is 2.51. The van der Waals surface area contributed by atoms with Gasteiger partial charge in [-0.05, 0) is 48.3 Å². The molecule has 6 heteroatoms. The Labute approximate surface area is 157 Å². The molecule has 2 aliphatic rings. The Balaban J connectivity index is 2.16. The van der Waals surface area contributed by atoms with Crippen LogP contribution >= 0.6 is 0 Å². The number of hydrogen-bond acceptors (Lipinski definition) is 2. The third kappa shape index (κ3) is 2.93. The number of fused-ring (bicyclic) bond motifs is 3. The summed E-state index contributed by atoms with van der Waals surface area (Å²) in [5.74, 6) is -1.40. The smallest absolute Gasteiger partial charge is 0.432 e. The number of carboxylic acids is 1. The maximum Gasteiger partial charge on any atom is 0.432 e. The lowest BCUT2D eigenvalue weighted by atomic mass is 9.68. The van der Waals surface area contributed by atoms with Gasteiger partial charge in [0, 0.05) is 5.56 Å². The topological polar surface area (TPSA) is 46.5 Å². The number of hydrogen-bond donors (Lipinski definition) is 1. The van der Waals surface area contributed by atoms with Crippen LogP contribution in [-0.4, -0.2) is 22.9 Å². The Morgan fingerprint density at radius 3 is 2.37 bits per heavy atom. The highest BCUT2D eigenvalue weighted by Gasteiger charge is 2.62. The Bertz CT molecular complexity index is 791. The van der Waals surface area contributed by atoms with Crippen LogP contribution in [0.3, 0.4) is 0 Å². The molecule has 1 heterocycles. The largest absolute Gasteiger partial charge is 0.478 e. The first-order chi connectivity index (χ1) is 12.6. The first-order valence-electron chi connectivity index (χ1n) is 9.49. The molecule has 1 atom stereocenters. The Hall–Kier alpha value is -1.98. The second-order valence-corrected chi connectivity index (χ2v) is 7.65. The van der Waals surface area contributed by atoms with Crippen molar-refractivity contribution in [1.82, 2.24) is 0 Å². The highest BCUT2D eigenvalue weighted by molar-refractivity contribution is 5.96. The molecule has 1 aliphatic heterocycles. The van der Waals surface area contributed by atoms with Gasteiger partial charge in [0.05, 0.1) is 5.57 Å². The third-order valence-electron chi connectivity index (χ3n) is 6.56. The van der Waals surface area contributed by atoms with E-state index in [0.29, 0.717) is 12.0 Å². The van der Waals surface area contributed by atoms with Crippen molar-refractivity contribution in [3.05, 3.63) is 34.4 Å². The van der Waals surface area contributed by atoms with Crippen molar-refractivity contribution < 1.29 is 27.8 Å². The number of rotatable bonds is 4. The molecule has 1 N–H and O–H groups in total. The average Bonchev–Trinajstić information content (AvgIpc) is 2.65. The van der Waals surface area contributed by atoms with Crippen molar-refractivity contribution in [3.63, 3.8) is 0 Å². The Morgan fingerprint density at radius 1 is 1.19 bits per heavy atom. The number of carboxylic acid groups (broad SMARTS) is 1. The minimum absolute atomic E-state index is 0.170. The van der Waals surface area contributed by atoms with Crippen LogP contribution in [0.15, 0.2) is 17.7 Å². The summed E-state index contributed by atoms with van der Waals surface area (Å²) in [6, 6.07) is 3.60. The molecule has 0 amide bonds. The molecule has 0 saturated heterocycles. The number of alkyl halides is 3. The van der Waals surface area contributed by atoms with Gasteiger partial charge in [0.1, 0.15) is 5.75 Å². The number of ether oxygens (including phenoxy) is 1. The zero-order chi connectivity index (χ0) is 20.0. The van der Waals surface area contributed by atoms with Crippen LogP contribution < -0.4 is 4.74 Å². The summed E-state index contributed by atoms with van der Waals surface area (Å²) >= 11 is 0. The molecule has 0 bridgehead atoms. The van der Waals surface area contributed by atoms with Crippen molar-refractivity contribution in [3.8, 4) is 5.75 Å². The van der Waals surface area contributed by atoms with Gasteiger partial charge in [-0.2, -0.15) is 13.2 Å². The van der Waals surface area contributed by atoms with Gasteiger partial charge in [0.15, 0.2) is 0 Å². The van der Waals surface area contributed by atoms with Crippen molar-refractivity contribution in [2.75, 3.05) is 0 Å². The highest BCUT2D eigenvalue weighted by atomic mass is 19.4. The fourth-order valence-corrected chi connectivity index (χ4v) is 4.51. The van der Waals surface area contributed by atoms with E-state index in [0.717, 1.165) is 42.9 Å². The summed E-state index contributed by atoms with van der Waals surface area (Å²) in [7, 11) is 0. The van der Waals surface area contributed by atoms with E-state index in [-0.39, 0.29) is 11.2 Å². The fraction of sp³-hybridized carbons (Fsp3) is 0.571. The minimum atomic E-state index is -4.82. The normalized spacial score (nSPS) is 23.7. The summed E-state index contributed by atoms with van der Waals surface area (Å²) in [5.41, 5.74) is -1.16. The van der Waals surface area contributed by atoms with Gasteiger partial charge in [-0.15, -0.1) is 0 Å². The molecule has 148 valence electrons. The zero-order valence-electron chi connectivity index (χ0n) is 15.9. The van der Waals surface area contributed by atoms with E-state index in [1.807, 2.05) is 6.07 Å². The Morgan fingerprint density at radius 2 is 1.85 bits per heavy atom. The zero-order valence-corrected chi connectivity index (χ0v) is 15.9. The lowest BCUT2D eigenvalue weighted by Crippen LogP contribution is -2.54. The van der Waals surface area contributed by atoms with Crippen LogP contribution in [0, 0.1) is 5.41 Å². The summed E-state index contributed by atoms with van der Waals surface area (Å²) in [6.45, 7) is 5.61. The number of halogens is 3. The monoisotopic (exact) mass is 382 g/mol. The summed E-state index contributed by atoms with van der Waals surface area (Å²) in [4.78, 5) is 11.6. The van der Waals surface area contributed by atoms with E-state index in [4.69, 9.17) is 4.74 Å². The molecule has 1 unspecified atom stereocenters. The molecule has 0 aromatic heterocycles. The molecular weight excluding hydrogens is 357 g/mol. The molecule has 1 aromatic rings. The second kappa shape index (κ2) is 6.57. The molecule has 27 heavy (non-hydrogen) atoms. The van der Waals surface area contributed by atoms with Gasteiger partial charge in [-0.25, -0.2) is 4.79 Å². The standard InChI is InChI=1S/C21H25F3O3/c1-4-19(5-2)10-9-15-14(12-19)8-7-13-11-16(18(25)26)20(6-3,21(22,23)24)27-17(13)15/h7-8,11H,4-6,9-10,12H2,1-3H3,(H,25,26). The maximum atomic E-state index is 13.9. The van der Waals surface area contributed by atoms with Crippen molar-refractivity contribution in [2.45, 2.75) is 71.1 Å². The van der Waals surface area contributed by atoms with Crippen LogP contribution in [0.5, 0.6) is 5.75 Å². The van der Waals surface area contributed by atoms with Gasteiger partial charge >= 0.3 is 12.1 Å². The van der Waals surface area contributed by atoms with Crippen molar-refractivity contribution in [1.29, 1.82) is 0 Å². The second-order valence-electron chi connectivity index (χ2n) is 7.65. The summed E-state index contributed by atoms with van der Waals surface area (Å²) in [6.07, 6.45) is 0.216. The predicted molar refractivity (Wildman–Crippen MR) is 96.8 cm³/mol. The first kappa shape index (κ1) is 19.8. The first-order valence-corrected chi connectivity index (χ1v) is 9.49. The van der Waals surface area contributed by atoms with Gasteiger partial charge in [-0.1, -0.05) is 45.7 Å². The average molecular weight is 382 g/mol. The molecule has 3 nitrogen and oxygen atoms in total. The van der Waals surface area contributed by atoms with Crippen molar-refractivity contribution >= 4 is 12.0 Å². The molecule has 0 spiro atoms. The van der Waals surface area contributed by atoms with Crippen LogP contribution in [0.2, 0.25) is 0 Å². The van der Waals surface area contributed by atoms with Crippen LogP contribution in [0.25, 0.3) is 6.08 Å². The fourth-order valence-electron chi connectivity index (χ4n) is 4.51. The van der Waals surface area contributed by atoms with Crippen LogP contribution in [-0.2, 0) is 17.6 Å². The number of benzene rings is 1. The minimum Gasteiger partial charge on any atom is -0.478 e. The van der Waals surface area contributed by atoms with Gasteiger partial charge in [-0.3, -0.25) is 0 Å². The molecule has 1 aromatic carbocycles. The van der Waals surface area contributed by atoms with E-state index in [9.17, 15) is 23.1 Å². The molecule has 0 radical (unpaired) electrons. The molecule has 3 rings (SSSR count). The van der Waals surface area contributed by atoms with Crippen LogP contribution in [0.1, 0.15) is 63.1 Å². The number of carbonyl (C=O) groups is 1. The van der Waals surface area contributed by atoms with E-state index in [1.54, 1.807) is 6.07 Å². The molecule has 0 fully saturated rings. The van der Waals surface area contributed by atoms with E-state index < -0.39 is 29.7 Å². The summed E-state index contributed by atoms with van der Waals surface area (Å²) in [5, 5.41) is 9.42. The van der Waals surface area contributed by atoms with E-state index in [1.165, 1.54) is 6.92 Å². The molecule has 1 aliphatic carbocycles.